The second-order valence-corrected chi connectivity index (χ2v) is 29.6. The summed E-state index contributed by atoms with van der Waals surface area (Å²) in [5.74, 6) is 1.76. The van der Waals surface area contributed by atoms with E-state index in [-0.39, 0.29) is 75.0 Å². The fourth-order valence-electron chi connectivity index (χ4n) is 12.4. The average Bonchev–Trinajstić information content (AvgIpc) is 0.736. The Labute approximate surface area is 580 Å². The van der Waals surface area contributed by atoms with Gasteiger partial charge in [0.2, 0.25) is 0 Å². The molecule has 4 N–H and O–H groups in total. The lowest BCUT2D eigenvalue weighted by Crippen LogP contribution is -2.27. The van der Waals surface area contributed by atoms with Gasteiger partial charge in [-0.2, -0.15) is 0 Å². The first-order chi connectivity index (χ1) is 49.2. The molecule has 0 bridgehead atoms. The van der Waals surface area contributed by atoms with Crippen LogP contribution in [-0.2, 0) is 32.8 Å². The van der Waals surface area contributed by atoms with Gasteiger partial charge < -0.3 is 62.4 Å². The van der Waals surface area contributed by atoms with E-state index in [0.717, 1.165) is 50.9 Å². The Kier molecular flexibility index (Phi) is 20.0. The predicted octanol–water partition coefficient (Wildman–Crippen LogP) is 13.8. The number of hydrogen-bond donors (Lipinski definition) is 4. The van der Waals surface area contributed by atoms with Gasteiger partial charge in [-0.15, -0.1) is 0 Å². The number of phenols is 2. The van der Waals surface area contributed by atoms with Gasteiger partial charge in [0.25, 0.3) is 0 Å². The molecular weight excluding hydrogens is 1340 g/mol. The number of carbonyl (C=O) groups is 2. The van der Waals surface area contributed by atoms with E-state index in [2.05, 4.69) is 13.2 Å². The molecular formula is C80H65O18P3. The number of phenolic OH excluding ortho intramolecular Hbond substituents is 2. The van der Waals surface area contributed by atoms with Crippen molar-refractivity contribution in [3.05, 3.63) is 262 Å². The van der Waals surface area contributed by atoms with Gasteiger partial charge in [0.05, 0.1) is 45.0 Å². The summed E-state index contributed by atoms with van der Waals surface area (Å²) in [4.78, 5) is 23.1. The summed E-state index contributed by atoms with van der Waals surface area (Å²) in [6.45, 7) is 6.55. The quantitative estimate of drug-likeness (QED) is 0.0193. The normalized spacial score (nSPS) is 16.3. The lowest BCUT2D eigenvalue weighted by molar-refractivity contribution is -0.139. The third-order valence-corrected chi connectivity index (χ3v) is 24.2. The van der Waals surface area contributed by atoms with Crippen LogP contribution in [0.5, 0.6) is 51.7 Å². The second-order valence-electron chi connectivity index (χ2n) is 22.9. The van der Waals surface area contributed by atoms with E-state index in [0.29, 0.717) is 88.4 Å². The molecule has 18 nitrogen and oxygen atoms in total. The van der Waals surface area contributed by atoms with Crippen LogP contribution in [0.4, 0.5) is 0 Å². The van der Waals surface area contributed by atoms with Crippen molar-refractivity contribution in [3.8, 4) is 85.1 Å². The summed E-state index contributed by atoms with van der Waals surface area (Å²) in [5, 5.41) is 46.1. The first kappa shape index (κ1) is 68.2. The van der Waals surface area contributed by atoms with Crippen molar-refractivity contribution in [2.24, 2.45) is 0 Å². The third kappa shape index (κ3) is 13.2. The van der Waals surface area contributed by atoms with Crippen LogP contribution in [0.3, 0.4) is 0 Å². The van der Waals surface area contributed by atoms with Gasteiger partial charge in [-0.05, 0) is 71.3 Å². The van der Waals surface area contributed by atoms with Crippen LogP contribution in [0.15, 0.2) is 262 Å². The molecule has 0 amide bonds. The Morgan fingerprint density at radius 2 is 0.663 bits per heavy atom. The second kappa shape index (κ2) is 29.6. The Morgan fingerprint density at radius 3 is 1.08 bits per heavy atom. The first-order valence-corrected chi connectivity index (χ1v) is 36.9. The molecule has 21 heteroatoms. The highest BCUT2D eigenvalue weighted by atomic mass is 31.2. The van der Waals surface area contributed by atoms with Crippen molar-refractivity contribution in [3.63, 3.8) is 0 Å². The van der Waals surface area contributed by atoms with Crippen LogP contribution in [0, 0.1) is 0 Å². The van der Waals surface area contributed by atoms with Crippen molar-refractivity contribution in [1.82, 2.24) is 0 Å². The van der Waals surface area contributed by atoms with Gasteiger partial charge in [-0.25, -0.2) is 9.59 Å². The molecule has 3 aliphatic heterocycles. The molecule has 3 atom stereocenters. The Hall–Kier alpha value is -11.4. The number of hydrogen-bond acceptors (Lipinski definition) is 18. The number of aliphatic hydroxyl groups excluding tert-OH is 2. The third-order valence-electron chi connectivity index (χ3n) is 16.9. The van der Waals surface area contributed by atoms with Gasteiger partial charge in [0.15, 0.2) is 0 Å². The largest absolute Gasteiger partial charge is 0.507 e. The van der Waals surface area contributed by atoms with Crippen LogP contribution in [0.1, 0.15) is 0 Å². The van der Waals surface area contributed by atoms with Gasteiger partial charge in [0, 0.05) is 61.2 Å². The van der Waals surface area contributed by atoms with E-state index < -0.39 is 34.0 Å². The molecule has 508 valence electrons. The summed E-state index contributed by atoms with van der Waals surface area (Å²) in [6, 6.07) is 70.9. The maximum Gasteiger partial charge on any atom is 0.330 e. The number of carbonyl (C=O) groups excluding carboxylic acids is 2. The maximum atomic E-state index is 15.1. The molecule has 0 fully saturated rings. The van der Waals surface area contributed by atoms with Crippen LogP contribution < -0.4 is 64.3 Å². The van der Waals surface area contributed by atoms with E-state index in [9.17, 15) is 39.1 Å². The minimum absolute atomic E-state index is 0.00742. The van der Waals surface area contributed by atoms with Gasteiger partial charge in [-0.3, -0.25) is 13.7 Å². The number of rotatable bonds is 19. The Bertz CT molecular complexity index is 5360. The van der Waals surface area contributed by atoms with Crippen LogP contribution in [-0.4, -0.2) is 85.2 Å². The van der Waals surface area contributed by atoms with Gasteiger partial charge in [0.1, 0.15) is 91.4 Å². The minimum atomic E-state index is -3.82. The fourth-order valence-corrected chi connectivity index (χ4v) is 19.6. The van der Waals surface area contributed by atoms with Gasteiger partial charge >= 0.3 is 34.0 Å². The van der Waals surface area contributed by atoms with E-state index in [1.54, 1.807) is 72.8 Å². The van der Waals surface area contributed by atoms with Crippen molar-refractivity contribution >= 4 is 98.2 Å². The molecule has 12 aromatic rings. The fraction of sp³-hybridized carbons (Fsp3) is 0.100. The molecule has 3 heterocycles. The molecule has 0 aliphatic carbocycles. The molecule has 0 saturated heterocycles. The molecule has 15 rings (SSSR count). The predicted molar refractivity (Wildman–Crippen MR) is 392 cm³/mol. The summed E-state index contributed by atoms with van der Waals surface area (Å²) < 4.78 is 96.9. The molecule has 0 saturated carbocycles. The maximum absolute atomic E-state index is 15.1. The molecule has 0 aromatic heterocycles. The zero-order valence-electron chi connectivity index (χ0n) is 54.1. The molecule has 12 aromatic carbocycles. The van der Waals surface area contributed by atoms with E-state index in [1.807, 2.05) is 158 Å². The number of fused-ring (bicyclic) bond motifs is 12. The van der Waals surface area contributed by atoms with E-state index >= 15 is 4.57 Å². The highest BCUT2D eigenvalue weighted by Gasteiger charge is 2.44. The topological polar surface area (TPSA) is 249 Å². The lowest BCUT2D eigenvalue weighted by Gasteiger charge is -2.30. The SMILES string of the molecule is C=CC(=O)OCCOc1cc(P2(=O)Oc3ccccc3-c3ccccc32)c(OCCOC(=O)C=C)c2ccccc12.O=P1(c2cc(O)c3ccccc3c2O)Oc2ccccc2-c2ccccc21.O=P1(c2cc(OCCO)c3ccccc3c2OCCO)Oc2ccccc2-c2ccccc21. The lowest BCUT2D eigenvalue weighted by atomic mass is 10.0. The summed E-state index contributed by atoms with van der Waals surface area (Å²) >= 11 is 0. The van der Waals surface area contributed by atoms with E-state index in [1.165, 1.54) is 6.07 Å². The number of para-hydroxylation sites is 3. The standard InChI is InChI=1S/C32H27O8P.C26H23O6P.C22H15O4P/c1-3-30(33)37-18-17-36-27-21-29(32(25-14-6-5-12-23(25)27)39-20-19-38-31(34)4-2)41(35)28-16-10-8-13-24(28)22-11-7-9-15-26(22)40-41;27-13-15-30-23-17-25(26(31-16-14-28)21-10-2-1-8-19(21)23)33(29)24-12-6-4-9-20(24)18-7-3-5-11-22(18)32-33;23-18-13-21(22(24)17-10-2-1-7-14(17)18)27(25)20-12-6-4-9-16(20)15-8-3-5-11-19(15)26-27/h3-16,21H,1-2,17-20H2;1-12,17,27-28H,13-16H2;1-13,23-24H. The summed E-state index contributed by atoms with van der Waals surface area (Å²) in [6.07, 6.45) is 2.15. The van der Waals surface area contributed by atoms with Crippen molar-refractivity contribution in [1.29, 1.82) is 0 Å². The first-order valence-electron chi connectivity index (χ1n) is 32.1. The Morgan fingerprint density at radius 1 is 0.347 bits per heavy atom. The molecule has 0 radical (unpaired) electrons. The van der Waals surface area contributed by atoms with Crippen LogP contribution >= 0.6 is 22.1 Å². The number of esters is 2. The monoisotopic (exact) mass is 1410 g/mol. The number of benzene rings is 12. The number of aliphatic hydroxyl groups is 2. The van der Waals surface area contributed by atoms with E-state index in [4.69, 9.17) is 42.0 Å². The molecule has 3 unspecified atom stereocenters. The number of ether oxygens (including phenoxy) is 6. The zero-order chi connectivity index (χ0) is 70.3. The van der Waals surface area contributed by atoms with Crippen molar-refractivity contribution in [2.75, 3.05) is 52.9 Å². The summed E-state index contributed by atoms with van der Waals surface area (Å²) in [7, 11) is -11.2. The molecule has 3 aliphatic rings. The minimum Gasteiger partial charge on any atom is -0.507 e. The van der Waals surface area contributed by atoms with Crippen LogP contribution in [0.25, 0.3) is 65.7 Å². The van der Waals surface area contributed by atoms with Crippen LogP contribution in [0.2, 0.25) is 0 Å². The highest BCUT2D eigenvalue weighted by Crippen LogP contribution is 2.60. The van der Waals surface area contributed by atoms with Crippen molar-refractivity contribution < 1.29 is 85.7 Å². The molecule has 101 heavy (non-hydrogen) atoms. The summed E-state index contributed by atoms with van der Waals surface area (Å²) in [5.41, 5.74) is 4.97. The van der Waals surface area contributed by atoms with Gasteiger partial charge in [-0.1, -0.05) is 195 Å². The van der Waals surface area contributed by atoms with Crippen molar-refractivity contribution in [2.45, 2.75) is 0 Å². The smallest absolute Gasteiger partial charge is 0.330 e. The highest BCUT2D eigenvalue weighted by molar-refractivity contribution is 7.76. The number of aromatic hydroxyl groups is 2. The molecule has 0 spiro atoms. The zero-order valence-corrected chi connectivity index (χ0v) is 56.8. The Balaban J connectivity index is 0.000000138. The average molecular weight is 1410 g/mol.